The SMILES string of the molecule is CCO/C=C(\C(=O)OCC)C1=NC(=O)NC(=O)C1. The van der Waals surface area contributed by atoms with Crippen LogP contribution in [-0.2, 0) is 19.1 Å². The molecule has 98 valence electrons. The molecule has 3 amide bonds. The molecular formula is C11H14N2O5. The third kappa shape index (κ3) is 3.69. The van der Waals surface area contributed by atoms with Crippen LogP contribution in [0.3, 0.4) is 0 Å². The van der Waals surface area contributed by atoms with Gasteiger partial charge in [0, 0.05) is 0 Å². The molecule has 0 fully saturated rings. The number of esters is 1. The van der Waals surface area contributed by atoms with Gasteiger partial charge in [-0.25, -0.2) is 9.59 Å². The quantitative estimate of drug-likeness (QED) is 0.439. The van der Waals surface area contributed by atoms with E-state index in [1.807, 2.05) is 5.32 Å². The topological polar surface area (TPSA) is 94.1 Å². The van der Waals surface area contributed by atoms with Gasteiger partial charge in [0.2, 0.25) is 5.91 Å². The minimum absolute atomic E-state index is 0.0121. The lowest BCUT2D eigenvalue weighted by atomic mass is 10.1. The average Bonchev–Trinajstić information content (AvgIpc) is 2.28. The zero-order valence-electron chi connectivity index (χ0n) is 10.2. The number of nitrogens with one attached hydrogen (secondary N) is 1. The summed E-state index contributed by atoms with van der Waals surface area (Å²) in [6.45, 7) is 3.91. The number of hydrogen-bond acceptors (Lipinski definition) is 5. The van der Waals surface area contributed by atoms with Crippen LogP contribution in [-0.4, -0.2) is 36.8 Å². The van der Waals surface area contributed by atoms with Gasteiger partial charge in [-0.2, -0.15) is 4.99 Å². The second-order valence-corrected chi connectivity index (χ2v) is 3.30. The number of aliphatic imine (C=N–C) groups is 1. The Kier molecular flexibility index (Phi) is 5.04. The highest BCUT2D eigenvalue weighted by Crippen LogP contribution is 2.10. The molecule has 1 heterocycles. The van der Waals surface area contributed by atoms with Gasteiger partial charge >= 0.3 is 12.0 Å². The average molecular weight is 254 g/mol. The molecule has 0 atom stereocenters. The molecule has 7 heteroatoms. The first-order valence-corrected chi connectivity index (χ1v) is 5.49. The summed E-state index contributed by atoms with van der Waals surface area (Å²) in [7, 11) is 0. The Hall–Kier alpha value is -2.18. The number of hydrogen-bond donors (Lipinski definition) is 1. The Balaban J connectivity index is 2.99. The summed E-state index contributed by atoms with van der Waals surface area (Å²) in [5.74, 6) is -1.19. The van der Waals surface area contributed by atoms with Gasteiger partial charge in [0.25, 0.3) is 0 Å². The van der Waals surface area contributed by atoms with Gasteiger partial charge in [0.1, 0.15) is 5.57 Å². The highest BCUT2D eigenvalue weighted by Gasteiger charge is 2.26. The number of ether oxygens (including phenoxy) is 2. The van der Waals surface area contributed by atoms with Gasteiger partial charge in [-0.15, -0.1) is 0 Å². The first kappa shape index (κ1) is 13.9. The van der Waals surface area contributed by atoms with E-state index in [-0.39, 0.29) is 24.3 Å². The lowest BCUT2D eigenvalue weighted by Gasteiger charge is -2.13. The van der Waals surface area contributed by atoms with Crippen LogP contribution in [0.15, 0.2) is 16.8 Å². The van der Waals surface area contributed by atoms with Crippen LogP contribution in [0, 0.1) is 0 Å². The molecule has 7 nitrogen and oxygen atoms in total. The fourth-order valence-corrected chi connectivity index (χ4v) is 1.27. The summed E-state index contributed by atoms with van der Waals surface area (Å²) in [4.78, 5) is 37.6. The van der Waals surface area contributed by atoms with Crippen LogP contribution >= 0.6 is 0 Å². The van der Waals surface area contributed by atoms with Crippen LogP contribution in [0.25, 0.3) is 0 Å². The van der Waals surface area contributed by atoms with Crippen molar-refractivity contribution in [1.82, 2.24) is 5.32 Å². The number of imide groups is 1. The van der Waals surface area contributed by atoms with E-state index >= 15 is 0 Å². The molecule has 1 aliphatic rings. The molecule has 0 saturated heterocycles. The second-order valence-electron chi connectivity index (χ2n) is 3.30. The first-order chi connectivity index (χ1) is 8.58. The molecule has 1 aliphatic heterocycles. The van der Waals surface area contributed by atoms with Crippen molar-refractivity contribution in [3.8, 4) is 0 Å². The molecule has 18 heavy (non-hydrogen) atoms. The zero-order chi connectivity index (χ0) is 13.5. The number of nitrogens with zero attached hydrogens (tertiary/aromatic N) is 1. The number of carbonyl (C=O) groups is 3. The Bertz CT molecular complexity index is 425. The number of rotatable bonds is 5. The number of urea groups is 1. The van der Waals surface area contributed by atoms with E-state index in [4.69, 9.17) is 9.47 Å². The molecule has 0 bridgehead atoms. The zero-order valence-corrected chi connectivity index (χ0v) is 10.2. The summed E-state index contributed by atoms with van der Waals surface area (Å²) in [6.07, 6.45) is 0.992. The summed E-state index contributed by atoms with van der Waals surface area (Å²) >= 11 is 0. The molecular weight excluding hydrogens is 240 g/mol. The van der Waals surface area contributed by atoms with E-state index in [1.165, 1.54) is 0 Å². The Morgan fingerprint density at radius 2 is 2.11 bits per heavy atom. The largest absolute Gasteiger partial charge is 0.501 e. The molecule has 0 aromatic rings. The fourth-order valence-electron chi connectivity index (χ4n) is 1.27. The predicted molar refractivity (Wildman–Crippen MR) is 61.9 cm³/mol. The Morgan fingerprint density at radius 1 is 1.39 bits per heavy atom. The van der Waals surface area contributed by atoms with Gasteiger partial charge < -0.3 is 9.47 Å². The van der Waals surface area contributed by atoms with Crippen molar-refractivity contribution >= 4 is 23.6 Å². The Morgan fingerprint density at radius 3 is 2.67 bits per heavy atom. The third-order valence-corrected chi connectivity index (χ3v) is 1.98. The van der Waals surface area contributed by atoms with E-state index in [1.54, 1.807) is 13.8 Å². The van der Waals surface area contributed by atoms with Crippen molar-refractivity contribution in [2.75, 3.05) is 13.2 Å². The van der Waals surface area contributed by atoms with Gasteiger partial charge in [0.15, 0.2) is 0 Å². The first-order valence-electron chi connectivity index (χ1n) is 5.49. The van der Waals surface area contributed by atoms with Crippen molar-refractivity contribution in [1.29, 1.82) is 0 Å². The number of amides is 3. The van der Waals surface area contributed by atoms with Crippen molar-refractivity contribution in [2.45, 2.75) is 20.3 Å². The van der Waals surface area contributed by atoms with Gasteiger partial charge in [-0.1, -0.05) is 0 Å². The molecule has 0 aliphatic carbocycles. The summed E-state index contributed by atoms with van der Waals surface area (Å²) in [5.41, 5.74) is 0.0394. The highest BCUT2D eigenvalue weighted by molar-refractivity contribution is 6.28. The second kappa shape index (κ2) is 6.53. The van der Waals surface area contributed by atoms with Crippen LogP contribution in [0.5, 0.6) is 0 Å². The van der Waals surface area contributed by atoms with E-state index in [0.717, 1.165) is 6.26 Å². The van der Waals surface area contributed by atoms with E-state index in [2.05, 4.69) is 4.99 Å². The van der Waals surface area contributed by atoms with Crippen LogP contribution in [0.1, 0.15) is 20.3 Å². The van der Waals surface area contributed by atoms with Crippen molar-refractivity contribution < 1.29 is 23.9 Å². The fraction of sp³-hybridized carbons (Fsp3) is 0.455. The van der Waals surface area contributed by atoms with Crippen LogP contribution < -0.4 is 5.32 Å². The highest BCUT2D eigenvalue weighted by atomic mass is 16.5. The predicted octanol–water partition coefficient (Wildman–Crippen LogP) is 0.551. The molecule has 1 rings (SSSR count). The molecule has 0 aromatic heterocycles. The molecule has 0 saturated carbocycles. The normalized spacial score (nSPS) is 15.9. The summed E-state index contributed by atoms with van der Waals surface area (Å²) in [6, 6.07) is -0.798. The van der Waals surface area contributed by atoms with Crippen molar-refractivity contribution in [3.63, 3.8) is 0 Å². The monoisotopic (exact) mass is 254 g/mol. The van der Waals surface area contributed by atoms with E-state index in [0.29, 0.717) is 6.61 Å². The maximum atomic E-state index is 11.7. The summed E-state index contributed by atoms with van der Waals surface area (Å²) < 4.78 is 9.81. The molecule has 0 spiro atoms. The lowest BCUT2D eigenvalue weighted by molar-refractivity contribution is -0.138. The molecule has 1 N–H and O–H groups in total. The minimum Gasteiger partial charge on any atom is -0.501 e. The van der Waals surface area contributed by atoms with Crippen molar-refractivity contribution in [2.24, 2.45) is 4.99 Å². The maximum Gasteiger partial charge on any atom is 0.347 e. The van der Waals surface area contributed by atoms with Gasteiger partial charge in [-0.3, -0.25) is 10.1 Å². The summed E-state index contributed by atoms with van der Waals surface area (Å²) in [5, 5.41) is 2.01. The number of carbonyl (C=O) groups excluding carboxylic acids is 3. The molecule has 0 radical (unpaired) electrons. The Labute approximate surface area is 104 Å². The molecule has 0 aromatic carbocycles. The van der Waals surface area contributed by atoms with Gasteiger partial charge in [-0.05, 0) is 13.8 Å². The smallest absolute Gasteiger partial charge is 0.347 e. The minimum atomic E-state index is -0.798. The van der Waals surface area contributed by atoms with E-state index in [9.17, 15) is 14.4 Å². The van der Waals surface area contributed by atoms with Crippen LogP contribution in [0.2, 0.25) is 0 Å². The van der Waals surface area contributed by atoms with Crippen molar-refractivity contribution in [3.05, 3.63) is 11.8 Å². The molecule has 0 unspecified atom stereocenters. The lowest BCUT2D eigenvalue weighted by Crippen LogP contribution is -2.36. The maximum absolute atomic E-state index is 11.7. The van der Waals surface area contributed by atoms with E-state index < -0.39 is 17.9 Å². The third-order valence-electron chi connectivity index (χ3n) is 1.98. The van der Waals surface area contributed by atoms with Gasteiger partial charge in [0.05, 0.1) is 31.6 Å². The van der Waals surface area contributed by atoms with Crippen LogP contribution in [0.4, 0.5) is 4.79 Å². The standard InChI is InChI=1S/C11H14N2O5/c1-3-17-6-7(10(15)18-4-2)8-5-9(14)13-11(16)12-8/h6H,3-5H2,1-2H3,(H,13,14,16)/b7-6-.